The highest BCUT2D eigenvalue weighted by atomic mass is 19.1. The molecule has 0 unspecified atom stereocenters. The lowest BCUT2D eigenvalue weighted by atomic mass is 10.1. The average Bonchev–Trinajstić information content (AvgIpc) is 3.53. The highest BCUT2D eigenvalue weighted by Gasteiger charge is 2.21. The normalized spacial score (nSPS) is 17.6. The number of fused-ring (bicyclic) bond motifs is 1. The van der Waals surface area contributed by atoms with Crippen LogP contribution in [0.2, 0.25) is 0 Å². The monoisotopic (exact) mass is 378 g/mol. The van der Waals surface area contributed by atoms with E-state index in [0.29, 0.717) is 19.3 Å². The van der Waals surface area contributed by atoms with Crippen LogP contribution in [0, 0.1) is 5.82 Å². The second-order valence-corrected chi connectivity index (χ2v) is 7.43. The third-order valence-electron chi connectivity index (χ3n) is 5.17. The Bertz CT molecular complexity index is 999. The lowest BCUT2D eigenvalue weighted by Gasteiger charge is -2.28. The van der Waals surface area contributed by atoms with Gasteiger partial charge in [-0.25, -0.2) is 14.4 Å². The molecule has 1 aliphatic heterocycles. The molecule has 1 aromatic heterocycles. The molecular weight excluding hydrogens is 355 g/mol. The molecule has 0 bridgehead atoms. The summed E-state index contributed by atoms with van der Waals surface area (Å²) in [5, 5.41) is 6.77. The summed E-state index contributed by atoms with van der Waals surface area (Å²) in [5.74, 6) is -0.258. The number of nitrogens with zero attached hydrogens (tertiary/aromatic N) is 2. The third-order valence-corrected chi connectivity index (χ3v) is 5.17. The maximum atomic E-state index is 13.7. The molecule has 6 heteroatoms. The van der Waals surface area contributed by atoms with E-state index in [-0.39, 0.29) is 5.82 Å². The standard InChI is InChI=1S/C22H23FN4O/c23-16-3-1-2-15(12-16)21-14-22(26-27-8-10-28-11-9-27)19-13-18(24-17-4-5-17)6-7-20(19)25-21/h1-3,6-7,12-14,17,24H,4-5,8-11H2,(H,25,26). The summed E-state index contributed by atoms with van der Waals surface area (Å²) in [7, 11) is 0. The molecule has 2 aliphatic rings. The van der Waals surface area contributed by atoms with Crippen LogP contribution >= 0.6 is 0 Å². The largest absolute Gasteiger partial charge is 0.382 e. The minimum Gasteiger partial charge on any atom is -0.382 e. The number of hydrazine groups is 1. The molecule has 0 radical (unpaired) electrons. The Kier molecular flexibility index (Phi) is 4.58. The van der Waals surface area contributed by atoms with E-state index in [4.69, 9.17) is 9.72 Å². The van der Waals surface area contributed by atoms with Gasteiger partial charge < -0.3 is 15.5 Å². The summed E-state index contributed by atoms with van der Waals surface area (Å²) < 4.78 is 19.2. The Hall–Kier alpha value is -2.70. The lowest BCUT2D eigenvalue weighted by molar-refractivity contribution is 0.0497. The highest BCUT2D eigenvalue weighted by molar-refractivity contribution is 5.95. The van der Waals surface area contributed by atoms with Gasteiger partial charge >= 0.3 is 0 Å². The molecule has 5 nitrogen and oxygen atoms in total. The highest BCUT2D eigenvalue weighted by Crippen LogP contribution is 2.32. The average molecular weight is 378 g/mol. The molecule has 0 atom stereocenters. The Morgan fingerprint density at radius 1 is 1.04 bits per heavy atom. The number of pyridine rings is 1. The van der Waals surface area contributed by atoms with Gasteiger partial charge in [0.1, 0.15) is 5.82 Å². The van der Waals surface area contributed by atoms with Crippen LogP contribution in [0.5, 0.6) is 0 Å². The number of aromatic nitrogens is 1. The molecule has 1 saturated heterocycles. The maximum absolute atomic E-state index is 13.7. The molecule has 2 aromatic carbocycles. The molecule has 5 rings (SSSR count). The van der Waals surface area contributed by atoms with Gasteiger partial charge in [-0.2, -0.15) is 0 Å². The number of rotatable bonds is 5. The first-order valence-corrected chi connectivity index (χ1v) is 9.81. The van der Waals surface area contributed by atoms with Crippen molar-refractivity contribution in [1.29, 1.82) is 0 Å². The molecule has 0 amide bonds. The summed E-state index contributed by atoms with van der Waals surface area (Å²) in [6.07, 6.45) is 2.46. The fraction of sp³-hybridized carbons (Fsp3) is 0.318. The predicted octanol–water partition coefficient (Wildman–Crippen LogP) is 4.27. The predicted molar refractivity (Wildman–Crippen MR) is 110 cm³/mol. The van der Waals surface area contributed by atoms with Crippen molar-refractivity contribution in [3.8, 4) is 11.3 Å². The van der Waals surface area contributed by atoms with E-state index >= 15 is 0 Å². The second kappa shape index (κ2) is 7.37. The van der Waals surface area contributed by atoms with E-state index in [0.717, 1.165) is 46.6 Å². The van der Waals surface area contributed by atoms with Crippen molar-refractivity contribution < 1.29 is 9.13 Å². The summed E-state index contributed by atoms with van der Waals surface area (Å²) in [6, 6.07) is 15.4. The fourth-order valence-electron chi connectivity index (χ4n) is 3.51. The van der Waals surface area contributed by atoms with Gasteiger partial charge in [0, 0.05) is 35.8 Å². The molecule has 144 valence electrons. The maximum Gasteiger partial charge on any atom is 0.123 e. The van der Waals surface area contributed by atoms with Gasteiger partial charge in [-0.3, -0.25) is 0 Å². The second-order valence-electron chi connectivity index (χ2n) is 7.43. The van der Waals surface area contributed by atoms with Gasteiger partial charge in [0.15, 0.2) is 0 Å². The Labute approximate surface area is 163 Å². The van der Waals surface area contributed by atoms with Crippen LogP contribution in [0.3, 0.4) is 0 Å². The first-order valence-electron chi connectivity index (χ1n) is 9.81. The Balaban J connectivity index is 1.57. The molecule has 2 N–H and O–H groups in total. The quantitative estimate of drug-likeness (QED) is 0.694. The number of nitrogens with one attached hydrogen (secondary N) is 2. The van der Waals surface area contributed by atoms with Crippen molar-refractivity contribution in [2.24, 2.45) is 0 Å². The number of hydrogen-bond acceptors (Lipinski definition) is 5. The van der Waals surface area contributed by atoms with E-state index in [1.54, 1.807) is 6.07 Å². The van der Waals surface area contributed by atoms with E-state index in [1.165, 1.54) is 25.0 Å². The van der Waals surface area contributed by atoms with Gasteiger partial charge in [-0.05, 0) is 49.2 Å². The van der Waals surface area contributed by atoms with Crippen molar-refractivity contribution in [3.05, 3.63) is 54.3 Å². The summed E-state index contributed by atoms with van der Waals surface area (Å²) in [5.41, 5.74) is 8.04. The number of morpholine rings is 1. The van der Waals surface area contributed by atoms with Crippen molar-refractivity contribution in [3.63, 3.8) is 0 Å². The van der Waals surface area contributed by atoms with Gasteiger partial charge in [0.25, 0.3) is 0 Å². The van der Waals surface area contributed by atoms with Crippen LogP contribution in [0.4, 0.5) is 15.8 Å². The minimum atomic E-state index is -0.258. The first-order chi connectivity index (χ1) is 13.7. The van der Waals surface area contributed by atoms with Gasteiger partial charge in [-0.15, -0.1) is 0 Å². The molecule has 1 saturated carbocycles. The van der Waals surface area contributed by atoms with Crippen LogP contribution in [0.15, 0.2) is 48.5 Å². The van der Waals surface area contributed by atoms with Crippen LogP contribution in [0.25, 0.3) is 22.2 Å². The smallest absolute Gasteiger partial charge is 0.123 e. The van der Waals surface area contributed by atoms with E-state index in [2.05, 4.69) is 27.9 Å². The molecular formula is C22H23FN4O. The van der Waals surface area contributed by atoms with Crippen LogP contribution in [0.1, 0.15) is 12.8 Å². The van der Waals surface area contributed by atoms with Crippen LogP contribution in [-0.4, -0.2) is 42.3 Å². The zero-order valence-corrected chi connectivity index (χ0v) is 15.6. The molecule has 28 heavy (non-hydrogen) atoms. The van der Waals surface area contributed by atoms with E-state index in [9.17, 15) is 4.39 Å². The molecule has 1 aliphatic carbocycles. The zero-order chi connectivity index (χ0) is 18.9. The topological polar surface area (TPSA) is 49.4 Å². The first kappa shape index (κ1) is 17.4. The number of hydrogen-bond donors (Lipinski definition) is 2. The van der Waals surface area contributed by atoms with Crippen molar-refractivity contribution >= 4 is 22.3 Å². The number of anilines is 2. The fourth-order valence-corrected chi connectivity index (χ4v) is 3.51. The van der Waals surface area contributed by atoms with Gasteiger partial charge in [0.05, 0.1) is 30.1 Å². The molecule has 0 spiro atoms. The molecule has 2 fully saturated rings. The SMILES string of the molecule is Fc1cccc(-c2cc(NN3CCOCC3)c3cc(NC4CC4)ccc3n2)c1. The van der Waals surface area contributed by atoms with Gasteiger partial charge in [0.2, 0.25) is 0 Å². The summed E-state index contributed by atoms with van der Waals surface area (Å²) in [4.78, 5) is 4.80. The van der Waals surface area contributed by atoms with Crippen LogP contribution in [-0.2, 0) is 4.74 Å². The zero-order valence-electron chi connectivity index (χ0n) is 15.6. The number of benzene rings is 2. The van der Waals surface area contributed by atoms with Crippen molar-refractivity contribution in [2.45, 2.75) is 18.9 Å². The third kappa shape index (κ3) is 3.79. The van der Waals surface area contributed by atoms with Crippen molar-refractivity contribution in [2.75, 3.05) is 37.0 Å². The molecule has 2 heterocycles. The van der Waals surface area contributed by atoms with Gasteiger partial charge in [-0.1, -0.05) is 12.1 Å². The lowest BCUT2D eigenvalue weighted by Crippen LogP contribution is -2.40. The van der Waals surface area contributed by atoms with Crippen LogP contribution < -0.4 is 10.7 Å². The number of halogens is 1. The summed E-state index contributed by atoms with van der Waals surface area (Å²) >= 11 is 0. The van der Waals surface area contributed by atoms with Crippen molar-refractivity contribution in [1.82, 2.24) is 9.99 Å². The Morgan fingerprint density at radius 2 is 1.89 bits per heavy atom. The molecule has 3 aromatic rings. The number of ether oxygens (including phenoxy) is 1. The minimum absolute atomic E-state index is 0.258. The van der Waals surface area contributed by atoms with E-state index < -0.39 is 0 Å². The van der Waals surface area contributed by atoms with E-state index in [1.807, 2.05) is 18.2 Å². The Morgan fingerprint density at radius 3 is 2.68 bits per heavy atom. The summed E-state index contributed by atoms with van der Waals surface area (Å²) in [6.45, 7) is 3.06.